The Balaban J connectivity index is 3.58. The van der Waals surface area contributed by atoms with E-state index in [1.165, 1.54) is 0 Å². The third kappa shape index (κ3) is 4.43. The van der Waals surface area contributed by atoms with Crippen LogP contribution < -0.4 is 0 Å². The zero-order chi connectivity index (χ0) is 7.49. The van der Waals surface area contributed by atoms with Crippen molar-refractivity contribution in [1.82, 2.24) is 0 Å². The van der Waals surface area contributed by atoms with Crippen molar-refractivity contribution in [3.05, 3.63) is 0 Å². The van der Waals surface area contributed by atoms with Gasteiger partial charge in [-0.2, -0.15) is 0 Å². The standard InChI is InChI=1S/C7H16O2/c1-4-7(2,3)5-6(8)9/h6,8-9H,4-5H2,1-3H3. The summed E-state index contributed by atoms with van der Waals surface area (Å²) in [5.41, 5.74) is 0.0637. The van der Waals surface area contributed by atoms with Gasteiger partial charge < -0.3 is 10.2 Å². The molecule has 0 bridgehead atoms. The molecule has 0 aliphatic rings. The van der Waals surface area contributed by atoms with E-state index in [0.29, 0.717) is 6.42 Å². The molecule has 9 heavy (non-hydrogen) atoms. The van der Waals surface area contributed by atoms with E-state index in [1.807, 2.05) is 20.8 Å². The molecule has 2 nitrogen and oxygen atoms in total. The molecular formula is C7H16O2. The highest BCUT2D eigenvalue weighted by Gasteiger charge is 2.17. The SMILES string of the molecule is CCC(C)(C)CC(O)O. The Morgan fingerprint density at radius 3 is 1.89 bits per heavy atom. The van der Waals surface area contributed by atoms with Crippen LogP contribution in [0.1, 0.15) is 33.6 Å². The van der Waals surface area contributed by atoms with Gasteiger partial charge in [0, 0.05) is 6.42 Å². The Hall–Kier alpha value is -0.0800. The van der Waals surface area contributed by atoms with Gasteiger partial charge in [0.1, 0.15) is 0 Å². The lowest BCUT2D eigenvalue weighted by atomic mass is 9.86. The first-order valence-corrected chi connectivity index (χ1v) is 3.34. The summed E-state index contributed by atoms with van der Waals surface area (Å²) < 4.78 is 0. The molecule has 0 atom stereocenters. The molecule has 0 aromatic rings. The second-order valence-corrected chi connectivity index (χ2v) is 3.20. The van der Waals surface area contributed by atoms with Crippen LogP contribution in [0.3, 0.4) is 0 Å². The van der Waals surface area contributed by atoms with Crippen molar-refractivity contribution in [2.24, 2.45) is 5.41 Å². The Morgan fingerprint density at radius 2 is 1.78 bits per heavy atom. The molecule has 0 heterocycles. The molecule has 0 aromatic heterocycles. The van der Waals surface area contributed by atoms with Gasteiger partial charge in [0.2, 0.25) is 0 Å². The van der Waals surface area contributed by atoms with Crippen LogP contribution in [0.2, 0.25) is 0 Å². The highest BCUT2D eigenvalue weighted by molar-refractivity contribution is 4.66. The van der Waals surface area contributed by atoms with Crippen molar-refractivity contribution in [1.29, 1.82) is 0 Å². The molecule has 0 fully saturated rings. The summed E-state index contributed by atoms with van der Waals surface area (Å²) >= 11 is 0. The smallest absolute Gasteiger partial charge is 0.151 e. The molecule has 0 unspecified atom stereocenters. The Labute approximate surface area is 56.5 Å². The van der Waals surface area contributed by atoms with Crippen LogP contribution in [0, 0.1) is 5.41 Å². The molecule has 0 aliphatic carbocycles. The first-order chi connectivity index (χ1) is 3.98. The van der Waals surface area contributed by atoms with E-state index in [0.717, 1.165) is 6.42 Å². The molecule has 56 valence electrons. The number of hydrogen-bond acceptors (Lipinski definition) is 2. The van der Waals surface area contributed by atoms with Gasteiger partial charge in [-0.25, -0.2) is 0 Å². The van der Waals surface area contributed by atoms with Crippen molar-refractivity contribution in [2.45, 2.75) is 39.9 Å². The largest absolute Gasteiger partial charge is 0.368 e. The summed E-state index contributed by atoms with van der Waals surface area (Å²) in [6.07, 6.45) is 0.286. The maximum atomic E-state index is 8.57. The lowest BCUT2D eigenvalue weighted by Gasteiger charge is -2.22. The van der Waals surface area contributed by atoms with Crippen LogP contribution in [-0.4, -0.2) is 16.5 Å². The second kappa shape index (κ2) is 3.18. The summed E-state index contributed by atoms with van der Waals surface area (Å²) in [6, 6.07) is 0. The lowest BCUT2D eigenvalue weighted by Crippen LogP contribution is -2.18. The van der Waals surface area contributed by atoms with Gasteiger partial charge in [-0.15, -0.1) is 0 Å². The van der Waals surface area contributed by atoms with Crippen molar-refractivity contribution >= 4 is 0 Å². The lowest BCUT2D eigenvalue weighted by molar-refractivity contribution is -0.0679. The third-order valence-corrected chi connectivity index (χ3v) is 1.69. The molecule has 0 aromatic carbocycles. The van der Waals surface area contributed by atoms with Gasteiger partial charge in [-0.3, -0.25) is 0 Å². The highest BCUT2D eigenvalue weighted by Crippen LogP contribution is 2.24. The first-order valence-electron chi connectivity index (χ1n) is 3.34. The predicted molar refractivity (Wildman–Crippen MR) is 36.9 cm³/mol. The Morgan fingerprint density at radius 1 is 1.33 bits per heavy atom. The summed E-state index contributed by atoms with van der Waals surface area (Å²) in [4.78, 5) is 0. The molecule has 2 N–H and O–H groups in total. The van der Waals surface area contributed by atoms with Gasteiger partial charge in [-0.1, -0.05) is 27.2 Å². The highest BCUT2D eigenvalue weighted by atomic mass is 16.5. The molecule has 2 heteroatoms. The van der Waals surface area contributed by atoms with E-state index in [1.54, 1.807) is 0 Å². The third-order valence-electron chi connectivity index (χ3n) is 1.69. The summed E-state index contributed by atoms with van der Waals surface area (Å²) in [7, 11) is 0. The van der Waals surface area contributed by atoms with Gasteiger partial charge >= 0.3 is 0 Å². The van der Waals surface area contributed by atoms with Crippen LogP contribution in [0.15, 0.2) is 0 Å². The monoisotopic (exact) mass is 132 g/mol. The number of aliphatic hydroxyl groups is 2. The normalized spacial score (nSPS) is 12.7. The molecule has 0 amide bonds. The number of hydrogen-bond donors (Lipinski definition) is 2. The van der Waals surface area contributed by atoms with Gasteiger partial charge in [0.25, 0.3) is 0 Å². The fourth-order valence-electron chi connectivity index (χ4n) is 0.639. The summed E-state index contributed by atoms with van der Waals surface area (Å²) in [5, 5.41) is 17.1. The maximum absolute atomic E-state index is 8.57. The maximum Gasteiger partial charge on any atom is 0.151 e. The van der Waals surface area contributed by atoms with Crippen molar-refractivity contribution in [3.8, 4) is 0 Å². The average Bonchev–Trinajstić information content (AvgIpc) is 1.63. The zero-order valence-corrected chi connectivity index (χ0v) is 6.39. The molecule has 0 radical (unpaired) electrons. The fraction of sp³-hybridized carbons (Fsp3) is 1.00. The Bertz CT molecular complexity index is 77.0. The van der Waals surface area contributed by atoms with E-state index in [9.17, 15) is 0 Å². The molecule has 0 saturated carbocycles. The molecule has 0 rings (SSSR count). The van der Waals surface area contributed by atoms with Crippen LogP contribution in [0.25, 0.3) is 0 Å². The van der Waals surface area contributed by atoms with E-state index < -0.39 is 6.29 Å². The van der Waals surface area contributed by atoms with Gasteiger partial charge in [-0.05, 0) is 5.41 Å². The second-order valence-electron chi connectivity index (χ2n) is 3.20. The van der Waals surface area contributed by atoms with Crippen molar-refractivity contribution in [2.75, 3.05) is 0 Å². The predicted octanol–water partition coefficient (Wildman–Crippen LogP) is 1.12. The minimum absolute atomic E-state index is 0.0637. The van der Waals surface area contributed by atoms with E-state index in [4.69, 9.17) is 10.2 Å². The fourth-order valence-corrected chi connectivity index (χ4v) is 0.639. The topological polar surface area (TPSA) is 40.5 Å². The Kier molecular flexibility index (Phi) is 3.15. The summed E-state index contributed by atoms with van der Waals surface area (Å²) in [6.45, 7) is 6.08. The van der Waals surface area contributed by atoms with Crippen LogP contribution in [0.5, 0.6) is 0 Å². The first kappa shape index (κ1) is 8.92. The van der Waals surface area contributed by atoms with E-state index in [2.05, 4.69) is 0 Å². The quantitative estimate of drug-likeness (QED) is 0.565. The van der Waals surface area contributed by atoms with Crippen LogP contribution >= 0.6 is 0 Å². The molecule has 0 aliphatic heterocycles. The average molecular weight is 132 g/mol. The van der Waals surface area contributed by atoms with Crippen LogP contribution in [0.4, 0.5) is 0 Å². The van der Waals surface area contributed by atoms with Crippen molar-refractivity contribution < 1.29 is 10.2 Å². The van der Waals surface area contributed by atoms with Gasteiger partial charge in [0.15, 0.2) is 6.29 Å². The molecule has 0 spiro atoms. The minimum atomic E-state index is -1.15. The minimum Gasteiger partial charge on any atom is -0.368 e. The number of rotatable bonds is 3. The molecule has 0 saturated heterocycles. The van der Waals surface area contributed by atoms with E-state index >= 15 is 0 Å². The zero-order valence-electron chi connectivity index (χ0n) is 6.39. The summed E-state index contributed by atoms with van der Waals surface area (Å²) in [5.74, 6) is 0. The van der Waals surface area contributed by atoms with E-state index in [-0.39, 0.29) is 5.41 Å². The number of aliphatic hydroxyl groups excluding tert-OH is 1. The molecular weight excluding hydrogens is 116 g/mol. The van der Waals surface area contributed by atoms with Crippen LogP contribution in [-0.2, 0) is 0 Å². The van der Waals surface area contributed by atoms with Crippen molar-refractivity contribution in [3.63, 3.8) is 0 Å². The van der Waals surface area contributed by atoms with Gasteiger partial charge in [0.05, 0.1) is 0 Å².